The third-order valence-electron chi connectivity index (χ3n) is 5.04. The molecule has 0 fully saturated rings. The Bertz CT molecular complexity index is 852. The number of nitrogens with zero attached hydrogens (tertiary/aromatic N) is 4. The lowest BCUT2D eigenvalue weighted by Crippen LogP contribution is -2.35. The Hall–Kier alpha value is -2.95. The lowest BCUT2D eigenvalue weighted by molar-refractivity contribution is -0.495. The van der Waals surface area contributed by atoms with Crippen LogP contribution in [0.2, 0.25) is 0 Å². The Labute approximate surface area is 161 Å². The Morgan fingerprint density at radius 1 is 1.07 bits per heavy atom. The van der Waals surface area contributed by atoms with Crippen molar-refractivity contribution in [2.75, 3.05) is 30.0 Å². The van der Waals surface area contributed by atoms with Crippen LogP contribution in [0.3, 0.4) is 0 Å². The summed E-state index contributed by atoms with van der Waals surface area (Å²) in [6.07, 6.45) is 1.79. The summed E-state index contributed by atoms with van der Waals surface area (Å²) in [6, 6.07) is 17.5. The standard InChI is InChI=1S/C22H27N4O/c1-5-25(6-2)19-14-12-18(13-15-19)16-23-21-17(3)24(4)26(22(21)27)20-10-8-7-9-11-20/h7-16,21H,5-6H2,1-4H3/q+1. The van der Waals surface area contributed by atoms with Crippen molar-refractivity contribution in [3.63, 3.8) is 0 Å². The van der Waals surface area contributed by atoms with E-state index < -0.39 is 6.04 Å². The van der Waals surface area contributed by atoms with Gasteiger partial charge in [-0.25, -0.2) is 0 Å². The van der Waals surface area contributed by atoms with Gasteiger partial charge in [0, 0.05) is 31.9 Å². The first kappa shape index (κ1) is 18.8. The predicted octanol–water partition coefficient (Wildman–Crippen LogP) is 3.39. The fourth-order valence-electron chi connectivity index (χ4n) is 3.34. The van der Waals surface area contributed by atoms with Gasteiger partial charge in [0.25, 0.3) is 0 Å². The molecule has 5 heteroatoms. The molecule has 1 unspecified atom stereocenters. The second-order valence-corrected chi connectivity index (χ2v) is 6.60. The van der Waals surface area contributed by atoms with Gasteiger partial charge in [-0.1, -0.05) is 35.3 Å². The molecule has 0 N–H and O–H groups in total. The van der Waals surface area contributed by atoms with E-state index >= 15 is 0 Å². The van der Waals surface area contributed by atoms with Crippen LogP contribution in [0.4, 0.5) is 11.4 Å². The van der Waals surface area contributed by atoms with Gasteiger partial charge in [0.2, 0.25) is 11.8 Å². The van der Waals surface area contributed by atoms with Gasteiger partial charge < -0.3 is 4.90 Å². The van der Waals surface area contributed by atoms with Crippen molar-refractivity contribution in [2.24, 2.45) is 4.99 Å². The largest absolute Gasteiger partial charge is 0.372 e. The lowest BCUT2D eigenvalue weighted by atomic mass is 10.1. The molecule has 1 amide bonds. The highest BCUT2D eigenvalue weighted by atomic mass is 16.2. The fourth-order valence-corrected chi connectivity index (χ4v) is 3.34. The van der Waals surface area contributed by atoms with E-state index in [0.29, 0.717) is 0 Å². The van der Waals surface area contributed by atoms with Crippen molar-refractivity contribution >= 4 is 29.2 Å². The number of benzene rings is 2. The Morgan fingerprint density at radius 2 is 1.70 bits per heavy atom. The Morgan fingerprint density at radius 3 is 2.30 bits per heavy atom. The van der Waals surface area contributed by atoms with Crippen LogP contribution in [0.25, 0.3) is 0 Å². The van der Waals surface area contributed by atoms with E-state index in [0.717, 1.165) is 30.1 Å². The highest BCUT2D eigenvalue weighted by Crippen LogP contribution is 2.21. The van der Waals surface area contributed by atoms with Gasteiger partial charge in [-0.2, -0.15) is 0 Å². The average molecular weight is 363 g/mol. The van der Waals surface area contributed by atoms with E-state index in [1.54, 1.807) is 11.2 Å². The molecule has 0 aliphatic carbocycles. The summed E-state index contributed by atoms with van der Waals surface area (Å²) in [5.74, 6) is -0.0304. The number of rotatable bonds is 6. The normalized spacial score (nSPS) is 17.3. The maximum Gasteiger partial charge on any atom is 0.318 e. The summed E-state index contributed by atoms with van der Waals surface area (Å²) >= 11 is 0. The number of hydrogen-bond acceptors (Lipinski definition) is 3. The van der Waals surface area contributed by atoms with Crippen LogP contribution in [0.5, 0.6) is 0 Å². The number of carbonyl (C=O) groups is 1. The fraction of sp³-hybridized carbons (Fsp3) is 0.318. The third kappa shape index (κ3) is 3.77. The van der Waals surface area contributed by atoms with Crippen LogP contribution < -0.4 is 9.91 Å². The predicted molar refractivity (Wildman–Crippen MR) is 112 cm³/mol. The maximum atomic E-state index is 12.9. The zero-order chi connectivity index (χ0) is 19.4. The molecule has 0 spiro atoms. The summed E-state index contributed by atoms with van der Waals surface area (Å²) in [4.78, 5) is 19.8. The van der Waals surface area contributed by atoms with Gasteiger partial charge >= 0.3 is 5.91 Å². The minimum absolute atomic E-state index is 0.0304. The molecule has 1 aliphatic heterocycles. The topological polar surface area (TPSA) is 38.9 Å². The van der Waals surface area contributed by atoms with Gasteiger partial charge in [-0.05, 0) is 43.7 Å². The zero-order valence-corrected chi connectivity index (χ0v) is 16.5. The highest BCUT2D eigenvalue weighted by molar-refractivity contribution is 6.15. The molecule has 0 bridgehead atoms. The van der Waals surface area contributed by atoms with Crippen molar-refractivity contribution in [3.05, 3.63) is 60.2 Å². The van der Waals surface area contributed by atoms with Gasteiger partial charge in [0.05, 0.1) is 0 Å². The average Bonchev–Trinajstić information content (AvgIpc) is 2.91. The second kappa shape index (κ2) is 8.16. The van der Waals surface area contributed by atoms with Crippen molar-refractivity contribution in [3.8, 4) is 0 Å². The SMILES string of the molecule is CCN(CC)c1ccc(C=NC2C(=O)N(c3ccccc3)[N+](C)=C2C)cc1. The first-order valence-corrected chi connectivity index (χ1v) is 9.41. The van der Waals surface area contributed by atoms with Crippen molar-refractivity contribution < 1.29 is 9.48 Å². The van der Waals surface area contributed by atoms with E-state index in [-0.39, 0.29) is 5.91 Å². The van der Waals surface area contributed by atoms with Crippen LogP contribution in [-0.4, -0.2) is 48.7 Å². The van der Waals surface area contributed by atoms with Crippen LogP contribution in [-0.2, 0) is 4.79 Å². The molecule has 27 heavy (non-hydrogen) atoms. The third-order valence-corrected chi connectivity index (χ3v) is 5.04. The summed E-state index contributed by atoms with van der Waals surface area (Å²) in [6.45, 7) is 8.22. The van der Waals surface area contributed by atoms with E-state index in [9.17, 15) is 4.79 Å². The quantitative estimate of drug-likeness (QED) is 0.583. The molecule has 0 saturated carbocycles. The molecule has 1 heterocycles. The maximum absolute atomic E-state index is 12.9. The molecule has 2 aromatic carbocycles. The molecule has 0 saturated heterocycles. The van der Waals surface area contributed by atoms with Crippen molar-refractivity contribution in [1.29, 1.82) is 0 Å². The number of hydrazine groups is 1. The summed E-state index contributed by atoms with van der Waals surface area (Å²) in [5, 5.41) is 1.68. The Balaban J connectivity index is 1.78. The monoisotopic (exact) mass is 363 g/mol. The summed E-state index contributed by atoms with van der Waals surface area (Å²) in [5.41, 5.74) is 3.96. The van der Waals surface area contributed by atoms with Gasteiger partial charge in [0.15, 0.2) is 7.05 Å². The molecule has 0 aromatic heterocycles. The molecule has 0 radical (unpaired) electrons. The number of aliphatic imine (C=N–C) groups is 1. The van der Waals surface area contributed by atoms with E-state index in [2.05, 4.69) is 35.9 Å². The minimum atomic E-state index is -0.488. The molecular formula is C22H27N4O+. The van der Waals surface area contributed by atoms with Crippen LogP contribution in [0.1, 0.15) is 26.3 Å². The first-order valence-electron chi connectivity index (χ1n) is 9.41. The van der Waals surface area contributed by atoms with Gasteiger partial charge in [-0.3, -0.25) is 9.79 Å². The number of amides is 1. The second-order valence-electron chi connectivity index (χ2n) is 6.60. The first-order chi connectivity index (χ1) is 13.1. The number of hydrogen-bond donors (Lipinski definition) is 0. The number of hydrazone groups is 1. The smallest absolute Gasteiger partial charge is 0.318 e. The lowest BCUT2D eigenvalue weighted by Gasteiger charge is -2.20. The molecular weight excluding hydrogens is 336 g/mol. The van der Waals surface area contributed by atoms with Gasteiger partial charge in [-0.15, -0.1) is 4.68 Å². The number of carbonyl (C=O) groups excluding carboxylic acids is 1. The van der Waals surface area contributed by atoms with E-state index in [4.69, 9.17) is 0 Å². The van der Waals surface area contributed by atoms with E-state index in [1.807, 2.05) is 61.1 Å². The van der Waals surface area contributed by atoms with Crippen LogP contribution >= 0.6 is 0 Å². The van der Waals surface area contributed by atoms with Crippen molar-refractivity contribution in [2.45, 2.75) is 26.8 Å². The zero-order valence-electron chi connectivity index (χ0n) is 16.5. The molecule has 3 rings (SSSR count). The Kier molecular flexibility index (Phi) is 5.69. The molecule has 140 valence electrons. The van der Waals surface area contributed by atoms with Crippen molar-refractivity contribution in [1.82, 2.24) is 0 Å². The van der Waals surface area contributed by atoms with E-state index in [1.165, 1.54) is 5.69 Å². The molecule has 1 atom stereocenters. The molecule has 5 nitrogen and oxygen atoms in total. The summed E-state index contributed by atoms with van der Waals surface area (Å²) < 4.78 is 1.88. The molecule has 1 aliphatic rings. The minimum Gasteiger partial charge on any atom is -0.372 e. The number of anilines is 2. The highest BCUT2D eigenvalue weighted by Gasteiger charge is 2.44. The molecule has 2 aromatic rings. The van der Waals surface area contributed by atoms with Crippen LogP contribution in [0.15, 0.2) is 59.6 Å². The van der Waals surface area contributed by atoms with Gasteiger partial charge in [0.1, 0.15) is 5.69 Å². The number of para-hydroxylation sites is 1. The van der Waals surface area contributed by atoms with Crippen LogP contribution in [0, 0.1) is 0 Å². The summed E-state index contributed by atoms with van der Waals surface area (Å²) in [7, 11) is 1.90.